The van der Waals surface area contributed by atoms with Crippen molar-refractivity contribution in [2.24, 2.45) is 46.3 Å². The van der Waals surface area contributed by atoms with Crippen molar-refractivity contribution >= 4 is 6.09 Å². The number of carbonyl (C=O) groups excluding carboxylic acids is 1. The molecule has 0 aromatic rings. The van der Waals surface area contributed by atoms with Gasteiger partial charge in [0.15, 0.2) is 0 Å². The fraction of sp³-hybridized carbons (Fsp3) is 0.906. The zero-order chi connectivity index (χ0) is 26.1. The van der Waals surface area contributed by atoms with Crippen molar-refractivity contribution in [3.05, 3.63) is 11.6 Å². The molecule has 206 valence electrons. The second-order valence-electron chi connectivity index (χ2n) is 14.3. The Kier molecular flexibility index (Phi) is 8.85. The average Bonchev–Trinajstić information content (AvgIpc) is 3.16. The van der Waals surface area contributed by atoms with E-state index in [-0.39, 0.29) is 12.2 Å². The predicted octanol–water partition coefficient (Wildman–Crippen LogP) is 7.68. The Labute approximate surface area is 222 Å². The Balaban J connectivity index is 1.37. The zero-order valence-electron chi connectivity index (χ0n) is 24.6. The van der Waals surface area contributed by atoms with E-state index in [1.54, 1.807) is 5.57 Å². The summed E-state index contributed by atoms with van der Waals surface area (Å²) in [6.07, 6.45) is 16.7. The molecule has 1 unspecified atom stereocenters. The minimum Gasteiger partial charge on any atom is -0.446 e. The molecular formula is C32H56N2O2. The van der Waals surface area contributed by atoms with E-state index in [9.17, 15) is 4.79 Å². The second-order valence-corrected chi connectivity index (χ2v) is 14.3. The fourth-order valence-electron chi connectivity index (χ4n) is 9.33. The van der Waals surface area contributed by atoms with Crippen LogP contribution in [0.1, 0.15) is 105 Å². The Hall–Kier alpha value is -1.03. The van der Waals surface area contributed by atoms with Crippen molar-refractivity contribution in [1.82, 2.24) is 10.2 Å². The maximum absolute atomic E-state index is 12.3. The molecule has 3 fully saturated rings. The van der Waals surface area contributed by atoms with Crippen molar-refractivity contribution in [1.29, 1.82) is 0 Å². The predicted molar refractivity (Wildman–Crippen MR) is 150 cm³/mol. The van der Waals surface area contributed by atoms with Crippen LogP contribution in [0.25, 0.3) is 0 Å². The summed E-state index contributed by atoms with van der Waals surface area (Å²) in [6, 6.07) is 0. The Morgan fingerprint density at radius 2 is 1.86 bits per heavy atom. The van der Waals surface area contributed by atoms with Gasteiger partial charge in [-0.3, -0.25) is 0 Å². The number of hydrogen-bond donors (Lipinski definition) is 1. The molecule has 4 nitrogen and oxygen atoms in total. The van der Waals surface area contributed by atoms with E-state index < -0.39 is 0 Å². The molecule has 0 radical (unpaired) electrons. The first-order valence-corrected chi connectivity index (χ1v) is 15.3. The summed E-state index contributed by atoms with van der Waals surface area (Å²) in [5.41, 5.74) is 2.46. The van der Waals surface area contributed by atoms with E-state index in [1.165, 1.54) is 57.8 Å². The lowest BCUT2D eigenvalue weighted by molar-refractivity contribution is -0.0581. The van der Waals surface area contributed by atoms with Gasteiger partial charge in [-0.2, -0.15) is 0 Å². The van der Waals surface area contributed by atoms with Crippen molar-refractivity contribution in [3.8, 4) is 0 Å². The van der Waals surface area contributed by atoms with Gasteiger partial charge in [-0.25, -0.2) is 4.79 Å². The van der Waals surface area contributed by atoms with Crippen LogP contribution in [0.15, 0.2) is 11.6 Å². The van der Waals surface area contributed by atoms with E-state index in [1.807, 2.05) is 14.1 Å². The third-order valence-electron chi connectivity index (χ3n) is 11.4. The highest BCUT2D eigenvalue weighted by molar-refractivity contribution is 5.67. The smallest absolute Gasteiger partial charge is 0.407 e. The quantitative estimate of drug-likeness (QED) is 0.330. The normalized spacial score (nSPS) is 38.7. The lowest BCUT2D eigenvalue weighted by Crippen LogP contribution is -2.51. The molecule has 1 amide bonds. The summed E-state index contributed by atoms with van der Waals surface area (Å²) < 4.78 is 5.87. The molecule has 4 heteroatoms. The van der Waals surface area contributed by atoms with Gasteiger partial charge in [0.25, 0.3) is 0 Å². The van der Waals surface area contributed by atoms with Crippen LogP contribution in [0.2, 0.25) is 0 Å². The first kappa shape index (κ1) is 28.0. The SMILES string of the molecule is CC(C)CCC[C@@H](C)[C@H]1CC[C@H]2[C@@H]3CC=C4CC(OC(=O)NCCN(C)C)CC[C@]4(C)[C@H]3CC[C@]12C. The molecule has 4 aliphatic rings. The van der Waals surface area contributed by atoms with Crippen molar-refractivity contribution < 1.29 is 9.53 Å². The number of rotatable bonds is 9. The van der Waals surface area contributed by atoms with E-state index in [0.29, 0.717) is 17.4 Å². The summed E-state index contributed by atoms with van der Waals surface area (Å²) in [4.78, 5) is 14.4. The van der Waals surface area contributed by atoms with Gasteiger partial charge >= 0.3 is 6.09 Å². The third kappa shape index (κ3) is 5.69. The molecule has 0 bridgehead atoms. The molecule has 0 heterocycles. The number of amides is 1. The van der Waals surface area contributed by atoms with Gasteiger partial charge in [0.1, 0.15) is 6.10 Å². The highest BCUT2D eigenvalue weighted by Gasteiger charge is 2.59. The number of alkyl carbamates (subject to hydrolysis) is 1. The zero-order valence-corrected chi connectivity index (χ0v) is 24.6. The van der Waals surface area contributed by atoms with Gasteiger partial charge in [0.05, 0.1) is 0 Å². The van der Waals surface area contributed by atoms with Crippen molar-refractivity contribution in [3.63, 3.8) is 0 Å². The molecular weight excluding hydrogens is 444 g/mol. The summed E-state index contributed by atoms with van der Waals surface area (Å²) in [6.45, 7) is 14.0. The van der Waals surface area contributed by atoms with E-state index in [4.69, 9.17) is 4.74 Å². The van der Waals surface area contributed by atoms with Gasteiger partial charge in [-0.15, -0.1) is 0 Å². The summed E-state index contributed by atoms with van der Waals surface area (Å²) >= 11 is 0. The maximum Gasteiger partial charge on any atom is 0.407 e. The molecule has 3 saturated carbocycles. The van der Waals surface area contributed by atoms with E-state index in [2.05, 4.69) is 50.9 Å². The fourth-order valence-corrected chi connectivity index (χ4v) is 9.33. The lowest BCUT2D eigenvalue weighted by atomic mass is 9.47. The molecule has 8 atom stereocenters. The van der Waals surface area contributed by atoms with Crippen LogP contribution in [-0.2, 0) is 4.74 Å². The van der Waals surface area contributed by atoms with E-state index in [0.717, 1.165) is 54.9 Å². The molecule has 0 aromatic carbocycles. The lowest BCUT2D eigenvalue weighted by Gasteiger charge is -2.58. The Morgan fingerprint density at radius 1 is 1.08 bits per heavy atom. The van der Waals surface area contributed by atoms with Crippen LogP contribution < -0.4 is 5.32 Å². The number of allylic oxidation sites excluding steroid dienone is 1. The Morgan fingerprint density at radius 3 is 2.58 bits per heavy atom. The van der Waals surface area contributed by atoms with Crippen molar-refractivity contribution in [2.45, 2.75) is 111 Å². The molecule has 0 saturated heterocycles. The van der Waals surface area contributed by atoms with Gasteiger partial charge in [0, 0.05) is 19.5 Å². The first-order chi connectivity index (χ1) is 17.0. The number of hydrogen-bond acceptors (Lipinski definition) is 3. The van der Waals surface area contributed by atoms with Crippen molar-refractivity contribution in [2.75, 3.05) is 27.2 Å². The highest BCUT2D eigenvalue weighted by atomic mass is 16.6. The number of nitrogens with zero attached hydrogens (tertiary/aromatic N) is 1. The molecule has 4 rings (SSSR count). The minimum atomic E-state index is -0.243. The topological polar surface area (TPSA) is 41.6 Å². The van der Waals surface area contributed by atoms with Crippen LogP contribution in [0, 0.1) is 46.3 Å². The Bertz CT molecular complexity index is 791. The molecule has 0 spiro atoms. The molecule has 0 aliphatic heterocycles. The monoisotopic (exact) mass is 500 g/mol. The number of nitrogens with one attached hydrogen (secondary N) is 1. The maximum atomic E-state index is 12.3. The highest BCUT2D eigenvalue weighted by Crippen LogP contribution is 2.67. The van der Waals surface area contributed by atoms with Gasteiger partial charge in [0.2, 0.25) is 0 Å². The standard InChI is InChI=1S/C32H56N2O2/c1-22(2)9-8-10-23(3)27-13-14-28-26-12-11-24-21-25(36-30(35)33-19-20-34(6)7)15-17-31(24,4)29(26)16-18-32(27,28)5/h11,22-23,25-29H,8-10,12-21H2,1-7H3,(H,33,35)/t23-,25?,26+,27-,28+,29+,31+,32-/m1/s1. The molecule has 0 aromatic heterocycles. The number of ether oxygens (including phenoxy) is 1. The second kappa shape index (κ2) is 11.4. The van der Waals surface area contributed by atoms with Crippen LogP contribution in [0.3, 0.4) is 0 Å². The summed E-state index contributed by atoms with van der Waals surface area (Å²) in [5.74, 6) is 5.21. The van der Waals surface area contributed by atoms with Crippen LogP contribution >= 0.6 is 0 Å². The third-order valence-corrected chi connectivity index (χ3v) is 11.4. The van der Waals surface area contributed by atoms with Crippen LogP contribution in [0.5, 0.6) is 0 Å². The number of likely N-dealkylation sites (N-methyl/N-ethyl adjacent to an activating group) is 1. The minimum absolute atomic E-state index is 0.0386. The summed E-state index contributed by atoms with van der Waals surface area (Å²) in [7, 11) is 4.04. The van der Waals surface area contributed by atoms with Gasteiger partial charge in [-0.05, 0) is 105 Å². The van der Waals surface area contributed by atoms with Gasteiger partial charge in [-0.1, -0.05) is 65.5 Å². The molecule has 4 aliphatic carbocycles. The van der Waals surface area contributed by atoms with E-state index >= 15 is 0 Å². The number of carbonyl (C=O) groups is 1. The number of fused-ring (bicyclic) bond motifs is 5. The molecule has 1 N–H and O–H groups in total. The first-order valence-electron chi connectivity index (χ1n) is 15.3. The summed E-state index contributed by atoms with van der Waals surface area (Å²) in [5, 5.41) is 2.93. The average molecular weight is 501 g/mol. The molecule has 36 heavy (non-hydrogen) atoms. The van der Waals surface area contributed by atoms with Crippen LogP contribution in [-0.4, -0.2) is 44.3 Å². The van der Waals surface area contributed by atoms with Crippen LogP contribution in [0.4, 0.5) is 4.79 Å². The van der Waals surface area contributed by atoms with Gasteiger partial charge < -0.3 is 15.0 Å². The largest absolute Gasteiger partial charge is 0.446 e.